The van der Waals surface area contributed by atoms with Gasteiger partial charge in [-0.05, 0) is 52.9 Å². The Morgan fingerprint density at radius 1 is 1.30 bits per heavy atom. The van der Waals surface area contributed by atoms with Crippen LogP contribution in [-0.4, -0.2) is 40.0 Å². The molecule has 2 heterocycles. The maximum Gasteiger partial charge on any atom is 0.410 e. The number of amides is 1. The van der Waals surface area contributed by atoms with Crippen molar-refractivity contribution in [3.8, 4) is 0 Å². The second-order valence-electron chi connectivity index (χ2n) is 7.79. The number of nitrogens with two attached hydrogens (primary N) is 1. The average molecular weight is 320 g/mol. The zero-order valence-electron chi connectivity index (χ0n) is 14.4. The number of hydrogen-bond acceptors (Lipinski definition) is 4. The minimum atomic E-state index is -0.145. The number of anilines is 1. The van der Waals surface area contributed by atoms with Gasteiger partial charge in [0.15, 0.2) is 0 Å². The van der Waals surface area contributed by atoms with Crippen molar-refractivity contribution in [2.45, 2.75) is 70.4 Å². The van der Waals surface area contributed by atoms with Crippen LogP contribution in [0.25, 0.3) is 0 Å². The number of carbonyl (C=O) groups excluding carboxylic acids is 1. The minimum absolute atomic E-state index is 0.00844. The van der Waals surface area contributed by atoms with Gasteiger partial charge in [0.05, 0.1) is 11.2 Å². The molecule has 6 nitrogen and oxygen atoms in total. The van der Waals surface area contributed by atoms with Gasteiger partial charge in [-0.15, -0.1) is 0 Å². The lowest BCUT2D eigenvalue weighted by Gasteiger charge is -2.21. The Hall–Kier alpha value is -1.72. The van der Waals surface area contributed by atoms with Gasteiger partial charge in [-0.1, -0.05) is 0 Å². The highest BCUT2D eigenvalue weighted by atomic mass is 16.6. The first-order valence-electron chi connectivity index (χ1n) is 8.66. The topological polar surface area (TPSA) is 73.4 Å². The summed E-state index contributed by atoms with van der Waals surface area (Å²) in [6.07, 6.45) is 4.80. The van der Waals surface area contributed by atoms with Crippen molar-refractivity contribution in [1.29, 1.82) is 0 Å². The Morgan fingerprint density at radius 2 is 2.00 bits per heavy atom. The molecule has 6 heteroatoms. The smallest absolute Gasteiger partial charge is 0.410 e. The first-order valence-corrected chi connectivity index (χ1v) is 8.66. The van der Waals surface area contributed by atoms with Gasteiger partial charge in [0.2, 0.25) is 0 Å². The molecule has 1 amide bonds. The van der Waals surface area contributed by atoms with E-state index in [1.807, 2.05) is 15.6 Å². The third kappa shape index (κ3) is 3.46. The van der Waals surface area contributed by atoms with Crippen molar-refractivity contribution in [1.82, 2.24) is 14.7 Å². The van der Waals surface area contributed by atoms with E-state index in [9.17, 15) is 4.79 Å². The summed E-state index contributed by atoms with van der Waals surface area (Å²) in [7, 11) is 0. The van der Waals surface area contributed by atoms with Gasteiger partial charge in [0.1, 0.15) is 11.9 Å². The summed E-state index contributed by atoms with van der Waals surface area (Å²) >= 11 is 0. The molecule has 0 bridgehead atoms. The van der Waals surface area contributed by atoms with Crippen molar-refractivity contribution in [3.05, 3.63) is 11.8 Å². The zero-order valence-corrected chi connectivity index (χ0v) is 14.4. The Kier molecular flexibility index (Phi) is 4.25. The van der Waals surface area contributed by atoms with Gasteiger partial charge in [0.25, 0.3) is 0 Å². The molecule has 2 atom stereocenters. The van der Waals surface area contributed by atoms with Gasteiger partial charge in [-0.2, -0.15) is 5.10 Å². The van der Waals surface area contributed by atoms with Crippen LogP contribution >= 0.6 is 0 Å². The van der Waals surface area contributed by atoms with E-state index in [1.54, 1.807) is 0 Å². The Labute approximate surface area is 138 Å². The number of hydrogen-bond donors (Lipinski definition) is 1. The molecule has 3 rings (SSSR count). The fourth-order valence-electron chi connectivity index (χ4n) is 3.58. The van der Waals surface area contributed by atoms with Crippen LogP contribution in [0.2, 0.25) is 0 Å². The summed E-state index contributed by atoms with van der Waals surface area (Å²) in [6, 6.07) is 1.97. The third-order valence-electron chi connectivity index (χ3n) is 4.83. The van der Waals surface area contributed by atoms with E-state index >= 15 is 0 Å². The molecule has 2 aliphatic rings. The molecule has 1 aromatic rings. The van der Waals surface area contributed by atoms with Gasteiger partial charge < -0.3 is 15.4 Å². The highest BCUT2D eigenvalue weighted by Gasteiger charge is 2.33. The standard InChI is InChI=1S/C17H28N4O2/c1-17(2,3)21-15(18)11-14(19-21)12-6-7-13(10-12)23-16(22)20-8-4-5-9-20/h11-13H,4-10,18H2,1-3H3. The zero-order chi connectivity index (χ0) is 16.6. The number of rotatable bonds is 2. The predicted molar refractivity (Wildman–Crippen MR) is 89.3 cm³/mol. The minimum Gasteiger partial charge on any atom is -0.446 e. The summed E-state index contributed by atoms with van der Waals surface area (Å²) in [5.74, 6) is 1.03. The van der Waals surface area contributed by atoms with Crippen LogP contribution in [-0.2, 0) is 10.3 Å². The quantitative estimate of drug-likeness (QED) is 0.909. The maximum absolute atomic E-state index is 12.1. The molecule has 1 saturated heterocycles. The van der Waals surface area contributed by atoms with Crippen LogP contribution in [0.15, 0.2) is 6.07 Å². The van der Waals surface area contributed by atoms with Crippen molar-refractivity contribution >= 4 is 11.9 Å². The molecule has 1 saturated carbocycles. The summed E-state index contributed by atoms with van der Waals surface area (Å²) in [6.45, 7) is 7.95. The predicted octanol–water partition coefficient (Wildman–Crippen LogP) is 3.09. The highest BCUT2D eigenvalue weighted by molar-refractivity contribution is 5.68. The lowest BCUT2D eigenvalue weighted by Crippen LogP contribution is -2.31. The van der Waals surface area contributed by atoms with Crippen molar-refractivity contribution < 1.29 is 9.53 Å². The molecule has 128 valence electrons. The van der Waals surface area contributed by atoms with Gasteiger partial charge in [0, 0.05) is 25.1 Å². The first-order chi connectivity index (χ1) is 10.8. The van der Waals surface area contributed by atoms with Gasteiger partial charge >= 0.3 is 6.09 Å². The van der Waals surface area contributed by atoms with Crippen LogP contribution in [0.1, 0.15) is 64.5 Å². The second kappa shape index (κ2) is 6.06. The number of likely N-dealkylation sites (tertiary alicyclic amines) is 1. The lowest BCUT2D eigenvalue weighted by atomic mass is 10.0. The maximum atomic E-state index is 12.1. The molecule has 23 heavy (non-hydrogen) atoms. The third-order valence-corrected chi connectivity index (χ3v) is 4.83. The summed E-state index contributed by atoms with van der Waals surface area (Å²) < 4.78 is 7.55. The largest absolute Gasteiger partial charge is 0.446 e. The summed E-state index contributed by atoms with van der Waals surface area (Å²) in [5.41, 5.74) is 7.00. The first kappa shape index (κ1) is 16.1. The molecular formula is C17H28N4O2. The molecule has 0 radical (unpaired) electrons. The molecule has 0 aromatic carbocycles. The number of aromatic nitrogens is 2. The highest BCUT2D eigenvalue weighted by Crippen LogP contribution is 2.37. The number of nitrogen functional groups attached to an aromatic ring is 1. The molecule has 2 N–H and O–H groups in total. The lowest BCUT2D eigenvalue weighted by molar-refractivity contribution is 0.0709. The van der Waals surface area contributed by atoms with Crippen LogP contribution in [0.3, 0.4) is 0 Å². The Bertz CT molecular complexity index is 570. The Balaban J connectivity index is 1.60. The van der Waals surface area contributed by atoms with E-state index in [4.69, 9.17) is 15.6 Å². The molecule has 0 spiro atoms. The summed E-state index contributed by atoms with van der Waals surface area (Å²) in [5, 5.41) is 4.69. The normalized spacial score (nSPS) is 25.1. The van der Waals surface area contributed by atoms with Crippen LogP contribution in [0.4, 0.5) is 10.6 Å². The second-order valence-corrected chi connectivity index (χ2v) is 7.79. The van der Waals surface area contributed by atoms with E-state index in [0.29, 0.717) is 11.7 Å². The van der Waals surface area contributed by atoms with Gasteiger partial charge in [-0.25, -0.2) is 9.48 Å². The molecule has 2 fully saturated rings. The number of nitrogens with zero attached hydrogens (tertiary/aromatic N) is 3. The van der Waals surface area contributed by atoms with E-state index in [0.717, 1.165) is 50.9 Å². The summed E-state index contributed by atoms with van der Waals surface area (Å²) in [4.78, 5) is 13.9. The molecule has 2 unspecified atom stereocenters. The van der Waals surface area contributed by atoms with E-state index in [2.05, 4.69) is 20.8 Å². The fraction of sp³-hybridized carbons (Fsp3) is 0.765. The van der Waals surface area contributed by atoms with E-state index in [1.165, 1.54) is 0 Å². The number of ether oxygens (including phenoxy) is 1. The van der Waals surface area contributed by atoms with Crippen molar-refractivity contribution in [2.75, 3.05) is 18.8 Å². The molecular weight excluding hydrogens is 292 g/mol. The van der Waals surface area contributed by atoms with E-state index < -0.39 is 0 Å². The molecule has 1 aliphatic carbocycles. The van der Waals surface area contributed by atoms with Crippen LogP contribution in [0, 0.1) is 0 Å². The Morgan fingerprint density at radius 3 is 2.61 bits per heavy atom. The SMILES string of the molecule is CC(C)(C)n1nc(C2CCC(OC(=O)N3CCCC3)C2)cc1N. The van der Waals surface area contributed by atoms with Crippen LogP contribution < -0.4 is 5.73 Å². The monoisotopic (exact) mass is 320 g/mol. The molecule has 1 aliphatic heterocycles. The van der Waals surface area contributed by atoms with Crippen molar-refractivity contribution in [3.63, 3.8) is 0 Å². The van der Waals surface area contributed by atoms with Crippen LogP contribution in [0.5, 0.6) is 0 Å². The number of carbonyl (C=O) groups is 1. The molecule has 1 aromatic heterocycles. The fourth-order valence-corrected chi connectivity index (χ4v) is 3.58. The average Bonchev–Trinajstić information content (AvgIpc) is 3.15. The van der Waals surface area contributed by atoms with E-state index in [-0.39, 0.29) is 17.7 Å². The van der Waals surface area contributed by atoms with Gasteiger partial charge in [-0.3, -0.25) is 0 Å². The van der Waals surface area contributed by atoms with Crippen molar-refractivity contribution in [2.24, 2.45) is 0 Å².